The highest BCUT2D eigenvalue weighted by atomic mass is 19.1. The molecule has 1 saturated carbocycles. The van der Waals surface area contributed by atoms with Gasteiger partial charge in [0.05, 0.1) is 34.3 Å². The molecule has 0 radical (unpaired) electrons. The maximum Gasteiger partial charge on any atom is 0.340 e. The van der Waals surface area contributed by atoms with Gasteiger partial charge in [-0.3, -0.25) is 14.8 Å². The lowest BCUT2D eigenvalue weighted by Crippen LogP contribution is -2.38. The second-order valence-electron chi connectivity index (χ2n) is 10.2. The van der Waals surface area contributed by atoms with Crippen molar-refractivity contribution >= 4 is 5.78 Å². The van der Waals surface area contributed by atoms with Gasteiger partial charge in [0, 0.05) is 19.0 Å². The quantitative estimate of drug-likeness (QED) is 0.384. The van der Waals surface area contributed by atoms with Crippen molar-refractivity contribution in [3.8, 4) is 11.3 Å². The molecule has 2 aliphatic rings. The fourth-order valence-corrected chi connectivity index (χ4v) is 6.25. The Bertz CT molecular complexity index is 1590. The molecule has 0 saturated heterocycles. The number of nitrogens with zero attached hydrogens (tertiary/aromatic N) is 5. The molecular weight excluding hydrogens is 480 g/mol. The van der Waals surface area contributed by atoms with Crippen molar-refractivity contribution in [2.45, 2.75) is 50.9 Å². The molecule has 0 aliphatic heterocycles. The molecule has 0 spiro atoms. The summed E-state index contributed by atoms with van der Waals surface area (Å²) in [5.74, 6) is -1.14. The summed E-state index contributed by atoms with van der Waals surface area (Å²) in [6, 6.07) is 5.46. The fraction of sp³-hybridized carbons (Fsp3) is 0.346. The van der Waals surface area contributed by atoms with Gasteiger partial charge in [-0.1, -0.05) is 19.9 Å². The number of carbonyl (C=O) groups is 1. The number of hydrogen-bond acceptors (Lipinski definition) is 7. The summed E-state index contributed by atoms with van der Waals surface area (Å²) in [6.45, 7) is 4.25. The van der Waals surface area contributed by atoms with Crippen molar-refractivity contribution in [3.63, 3.8) is 0 Å². The number of hydrogen-bond donors (Lipinski definition) is 2. The van der Waals surface area contributed by atoms with E-state index in [4.69, 9.17) is 4.98 Å². The van der Waals surface area contributed by atoms with Crippen LogP contribution in [-0.2, 0) is 11.8 Å². The van der Waals surface area contributed by atoms with Gasteiger partial charge >= 0.3 is 5.69 Å². The molecule has 1 fully saturated rings. The largest absolute Gasteiger partial charge is 0.340 e. The average Bonchev–Trinajstić information content (AvgIpc) is 3.48. The molecule has 2 bridgehead atoms. The molecule has 4 aromatic rings. The van der Waals surface area contributed by atoms with Gasteiger partial charge in [-0.2, -0.15) is 10.2 Å². The van der Waals surface area contributed by atoms with Crippen LogP contribution in [-0.4, -0.2) is 41.1 Å². The molecule has 2 N–H and O–H groups in total. The number of carbonyl (C=O) groups excluding carboxylic acids is 1. The lowest BCUT2D eigenvalue weighted by molar-refractivity contribution is 0.0976. The van der Waals surface area contributed by atoms with Crippen LogP contribution in [0.5, 0.6) is 0 Å². The Morgan fingerprint density at radius 1 is 1.16 bits per heavy atom. The highest BCUT2D eigenvalue weighted by Crippen LogP contribution is 2.69. The number of ketones is 1. The number of halogens is 2. The lowest BCUT2D eigenvalue weighted by atomic mass is 9.66. The van der Waals surface area contributed by atoms with Crippen LogP contribution in [0.2, 0.25) is 0 Å². The number of H-pyrrole nitrogens is 2. The topological polar surface area (TPSA) is 130 Å². The van der Waals surface area contributed by atoms with Gasteiger partial charge in [0.2, 0.25) is 0 Å². The van der Waals surface area contributed by atoms with Gasteiger partial charge in [-0.25, -0.2) is 23.7 Å². The van der Waals surface area contributed by atoms with E-state index >= 15 is 0 Å². The molecule has 188 valence electrons. The summed E-state index contributed by atoms with van der Waals surface area (Å²) in [6.07, 6.45) is 5.02. The minimum absolute atomic E-state index is 0.0734. The molecule has 6 rings (SSSR count). The summed E-state index contributed by atoms with van der Waals surface area (Å²) < 4.78 is 29.0. The molecule has 9 nitrogen and oxygen atoms in total. The summed E-state index contributed by atoms with van der Waals surface area (Å²) in [5, 5.41) is 14.9. The third-order valence-electron chi connectivity index (χ3n) is 8.10. The molecule has 0 unspecified atom stereocenters. The third kappa shape index (κ3) is 3.36. The van der Waals surface area contributed by atoms with Gasteiger partial charge in [-0.15, -0.1) is 5.10 Å². The first-order valence-corrected chi connectivity index (χ1v) is 12.0. The van der Waals surface area contributed by atoms with E-state index in [1.54, 1.807) is 12.3 Å². The number of benzene rings is 1. The van der Waals surface area contributed by atoms with Crippen LogP contribution in [0.25, 0.3) is 11.3 Å². The Hall–Kier alpha value is -4.15. The van der Waals surface area contributed by atoms with Gasteiger partial charge < -0.3 is 0 Å². The first kappa shape index (κ1) is 23.3. The zero-order valence-electron chi connectivity index (χ0n) is 20.2. The first-order valence-electron chi connectivity index (χ1n) is 12.0. The number of aromatic nitrogens is 7. The molecule has 2 aliphatic carbocycles. The Morgan fingerprint density at radius 2 is 1.95 bits per heavy atom. The second kappa shape index (κ2) is 8.19. The lowest BCUT2D eigenvalue weighted by Gasteiger charge is -2.37. The zero-order valence-corrected chi connectivity index (χ0v) is 20.2. The molecule has 11 heteroatoms. The van der Waals surface area contributed by atoms with Crippen LogP contribution in [0.3, 0.4) is 0 Å². The first-order chi connectivity index (χ1) is 17.7. The van der Waals surface area contributed by atoms with Crippen LogP contribution in [0.4, 0.5) is 8.78 Å². The summed E-state index contributed by atoms with van der Waals surface area (Å²) in [5.41, 5.74) is 0.977. The van der Waals surface area contributed by atoms with E-state index in [0.717, 1.165) is 18.4 Å². The Morgan fingerprint density at radius 3 is 2.68 bits per heavy atom. The zero-order chi connectivity index (χ0) is 25.9. The predicted octanol–water partition coefficient (Wildman–Crippen LogP) is 3.64. The Labute approximate surface area is 209 Å². The highest BCUT2D eigenvalue weighted by Gasteiger charge is 2.65. The Kier molecular flexibility index (Phi) is 5.15. The third-order valence-corrected chi connectivity index (χ3v) is 8.10. The minimum Gasteiger partial charge on any atom is -0.293 e. The van der Waals surface area contributed by atoms with Crippen molar-refractivity contribution in [1.29, 1.82) is 0 Å². The van der Waals surface area contributed by atoms with Crippen molar-refractivity contribution in [1.82, 2.24) is 35.3 Å². The summed E-state index contributed by atoms with van der Waals surface area (Å²) in [4.78, 5) is 35.8. The van der Waals surface area contributed by atoms with Crippen molar-refractivity contribution in [2.24, 2.45) is 5.41 Å². The van der Waals surface area contributed by atoms with Crippen molar-refractivity contribution in [3.05, 3.63) is 87.2 Å². The number of fused-ring (bicyclic) bond motifs is 5. The number of aromatic amines is 2. The van der Waals surface area contributed by atoms with Gasteiger partial charge in [0.1, 0.15) is 23.2 Å². The summed E-state index contributed by atoms with van der Waals surface area (Å²) in [7, 11) is 0. The number of aryl methyl sites for hydroxylation is 1. The number of rotatable bonds is 6. The fourth-order valence-electron chi connectivity index (χ4n) is 6.25. The van der Waals surface area contributed by atoms with Crippen molar-refractivity contribution in [2.75, 3.05) is 0 Å². The molecule has 1 aromatic carbocycles. The van der Waals surface area contributed by atoms with E-state index in [1.165, 1.54) is 24.4 Å². The van der Waals surface area contributed by atoms with E-state index < -0.39 is 22.7 Å². The van der Waals surface area contributed by atoms with E-state index in [9.17, 15) is 18.4 Å². The SMILES string of the molecule is CC1(C)[C@H]2CC[C@]1(c1cncc(C(=O)CCc3n[nH]c(=O)[nH]3)n1)c1nnc(-c3c(F)cccc3F)cc12. The smallest absolute Gasteiger partial charge is 0.293 e. The van der Waals surface area contributed by atoms with Crippen LogP contribution in [0.1, 0.15) is 72.3 Å². The van der Waals surface area contributed by atoms with E-state index in [1.807, 2.05) is 0 Å². The molecular formula is C26H23F2N7O2. The molecule has 3 aromatic heterocycles. The average molecular weight is 504 g/mol. The van der Waals surface area contributed by atoms with Crippen LogP contribution < -0.4 is 5.69 Å². The number of nitrogens with one attached hydrogen (secondary N) is 2. The van der Waals surface area contributed by atoms with Crippen LogP contribution >= 0.6 is 0 Å². The maximum absolute atomic E-state index is 14.5. The van der Waals surface area contributed by atoms with E-state index in [0.29, 0.717) is 17.2 Å². The standard InChI is InChI=1S/C26H23F2N7O2/c1-25(2)14-8-9-26(25,23-13(14)10-17(32-34-23)22-15(27)4-3-5-16(22)28)20-12-29-11-18(30-20)19(36)6-7-21-31-24(37)35-33-21/h3-5,10-12,14H,6-9H2,1-2H3,(H2,31,33,35,37)/t14-,26-/m0/s1. The number of Topliss-reactive ketones (excluding diaryl/α,β-unsaturated/α-hetero) is 1. The normalized spacial score (nSPS) is 21.2. The van der Waals surface area contributed by atoms with Gasteiger partial charge in [0.25, 0.3) is 0 Å². The van der Waals surface area contributed by atoms with Crippen molar-refractivity contribution < 1.29 is 13.6 Å². The van der Waals surface area contributed by atoms with Crippen LogP contribution in [0.15, 0.2) is 41.5 Å². The van der Waals surface area contributed by atoms with Gasteiger partial charge in [-0.05, 0) is 47.9 Å². The van der Waals surface area contributed by atoms with E-state index in [2.05, 4.69) is 44.2 Å². The van der Waals surface area contributed by atoms with E-state index in [-0.39, 0.29) is 46.9 Å². The summed E-state index contributed by atoms with van der Waals surface area (Å²) >= 11 is 0. The Balaban J connectivity index is 1.39. The monoisotopic (exact) mass is 503 g/mol. The predicted molar refractivity (Wildman–Crippen MR) is 128 cm³/mol. The molecule has 3 heterocycles. The molecule has 37 heavy (non-hydrogen) atoms. The highest BCUT2D eigenvalue weighted by molar-refractivity contribution is 5.94. The maximum atomic E-state index is 14.5. The van der Waals surface area contributed by atoms with Gasteiger partial charge in [0.15, 0.2) is 5.78 Å². The van der Waals surface area contributed by atoms with Crippen LogP contribution in [0, 0.1) is 17.0 Å². The molecule has 2 atom stereocenters. The minimum atomic E-state index is -0.692. The molecule has 0 amide bonds. The second-order valence-corrected chi connectivity index (χ2v) is 10.2.